The number of hydrogen-bond acceptors (Lipinski definition) is 7. The van der Waals surface area contributed by atoms with E-state index in [9.17, 15) is 22.4 Å². The van der Waals surface area contributed by atoms with E-state index in [-0.39, 0.29) is 17.6 Å². The van der Waals surface area contributed by atoms with Gasteiger partial charge in [0.2, 0.25) is 0 Å². The number of aromatic nitrogens is 2. The summed E-state index contributed by atoms with van der Waals surface area (Å²) in [6.45, 7) is 6.41. The lowest BCUT2D eigenvalue weighted by molar-refractivity contribution is -0.128. The third-order valence-corrected chi connectivity index (χ3v) is 10.5. The fraction of sp³-hybridized carbons (Fsp3) is 0.485. The van der Waals surface area contributed by atoms with Gasteiger partial charge in [-0.05, 0) is 56.2 Å². The highest BCUT2D eigenvalue weighted by atomic mass is 35.5. The first-order valence-corrected chi connectivity index (χ1v) is 16.1. The Morgan fingerprint density at radius 2 is 1.87 bits per heavy atom. The van der Waals surface area contributed by atoms with E-state index in [1.54, 1.807) is 6.07 Å². The number of rotatable bonds is 7. The van der Waals surface area contributed by atoms with Crippen LogP contribution >= 0.6 is 11.6 Å². The molecule has 2 atom stereocenters. The van der Waals surface area contributed by atoms with Crippen LogP contribution in [0, 0.1) is 5.82 Å². The highest BCUT2D eigenvalue weighted by Crippen LogP contribution is 2.44. The van der Waals surface area contributed by atoms with Gasteiger partial charge in [0.15, 0.2) is 5.83 Å². The molecule has 3 aromatic rings. The first kappa shape index (κ1) is 31.0. The van der Waals surface area contributed by atoms with Crippen LogP contribution in [0.4, 0.5) is 29.1 Å². The van der Waals surface area contributed by atoms with E-state index >= 15 is 0 Å². The van der Waals surface area contributed by atoms with Crippen LogP contribution in [0.5, 0.6) is 6.01 Å². The Bertz CT molecular complexity index is 1690. The molecule has 244 valence electrons. The second kappa shape index (κ2) is 12.2. The number of benzene rings is 2. The Labute approximate surface area is 269 Å². The van der Waals surface area contributed by atoms with E-state index in [1.807, 2.05) is 23.1 Å². The van der Waals surface area contributed by atoms with Crippen LogP contribution in [0.3, 0.4) is 0 Å². The molecule has 3 saturated heterocycles. The number of carbonyl (C=O) groups is 1. The highest BCUT2D eigenvalue weighted by molar-refractivity contribution is 6.36. The molecule has 1 amide bonds. The monoisotopic (exact) mass is 658 g/mol. The predicted octanol–water partition coefficient (Wildman–Crippen LogP) is 5.76. The van der Waals surface area contributed by atoms with Crippen molar-refractivity contribution in [2.24, 2.45) is 0 Å². The smallest absolute Gasteiger partial charge is 0.318 e. The quantitative estimate of drug-likeness (QED) is 0.236. The number of alkyl halides is 2. The minimum absolute atomic E-state index is 0.0636. The zero-order valence-corrected chi connectivity index (χ0v) is 26.1. The number of fused-ring (bicyclic) bond motifs is 3. The number of anilines is 2. The van der Waals surface area contributed by atoms with Gasteiger partial charge in [-0.25, -0.2) is 17.6 Å². The third kappa shape index (κ3) is 5.42. The summed E-state index contributed by atoms with van der Waals surface area (Å²) in [6.07, 6.45) is 0.837. The zero-order chi connectivity index (χ0) is 32.2. The SMILES string of the molecule is C=C(F)C(=O)N1CCN(c2nc(OCC34CCCN3C(C(F)F)CC4)nc3c2CCN(c2cccc4ccc(F)c(Cl)c24)C3)CC1. The lowest BCUT2D eigenvalue weighted by atomic mass is 9.95. The molecule has 2 unspecified atom stereocenters. The van der Waals surface area contributed by atoms with E-state index in [4.69, 9.17) is 26.3 Å². The van der Waals surface area contributed by atoms with Crippen LogP contribution in [-0.4, -0.2) is 89.6 Å². The molecule has 5 heterocycles. The van der Waals surface area contributed by atoms with E-state index in [0.717, 1.165) is 35.2 Å². The number of halogens is 5. The average Bonchev–Trinajstić information content (AvgIpc) is 3.63. The zero-order valence-electron chi connectivity index (χ0n) is 25.3. The normalized spacial score (nSPS) is 23.3. The molecule has 0 bridgehead atoms. The molecular formula is C33H35ClF4N6O2. The number of carbonyl (C=O) groups excluding carboxylic acids is 1. The molecule has 0 N–H and O–H groups in total. The Hall–Kier alpha value is -3.64. The minimum atomic E-state index is -2.41. The van der Waals surface area contributed by atoms with Gasteiger partial charge in [-0.15, -0.1) is 0 Å². The van der Waals surface area contributed by atoms with Crippen LogP contribution in [0.2, 0.25) is 5.02 Å². The molecule has 0 spiro atoms. The van der Waals surface area contributed by atoms with Crippen molar-refractivity contribution in [3.8, 4) is 6.01 Å². The summed E-state index contributed by atoms with van der Waals surface area (Å²) in [6, 6.07) is 8.19. The van der Waals surface area contributed by atoms with Gasteiger partial charge in [-0.2, -0.15) is 9.97 Å². The fourth-order valence-corrected chi connectivity index (χ4v) is 8.04. The maximum absolute atomic E-state index is 14.6. The summed E-state index contributed by atoms with van der Waals surface area (Å²) in [4.78, 5) is 29.4. The van der Waals surface area contributed by atoms with Crippen molar-refractivity contribution in [1.82, 2.24) is 19.8 Å². The van der Waals surface area contributed by atoms with Gasteiger partial charge in [-0.1, -0.05) is 36.4 Å². The number of piperazine rings is 1. The van der Waals surface area contributed by atoms with Crippen LogP contribution in [0.25, 0.3) is 10.8 Å². The predicted molar refractivity (Wildman–Crippen MR) is 168 cm³/mol. The molecule has 7 rings (SSSR count). The van der Waals surface area contributed by atoms with E-state index in [1.165, 1.54) is 11.0 Å². The molecule has 8 nitrogen and oxygen atoms in total. The van der Waals surface area contributed by atoms with Gasteiger partial charge in [-0.3, -0.25) is 9.69 Å². The van der Waals surface area contributed by atoms with Crippen LogP contribution in [-0.2, 0) is 17.8 Å². The van der Waals surface area contributed by atoms with Crippen molar-refractivity contribution >= 4 is 39.8 Å². The molecule has 0 aliphatic carbocycles. The third-order valence-electron chi connectivity index (χ3n) is 10.1. The van der Waals surface area contributed by atoms with Crippen LogP contribution in [0.15, 0.2) is 42.7 Å². The summed E-state index contributed by atoms with van der Waals surface area (Å²) in [7, 11) is 0. The average molecular weight is 659 g/mol. The second-order valence-corrected chi connectivity index (χ2v) is 13.0. The number of nitrogens with zero attached hydrogens (tertiary/aromatic N) is 6. The van der Waals surface area contributed by atoms with Gasteiger partial charge in [0, 0.05) is 49.4 Å². The second-order valence-electron chi connectivity index (χ2n) is 12.6. The van der Waals surface area contributed by atoms with Gasteiger partial charge >= 0.3 is 6.01 Å². The number of hydrogen-bond donors (Lipinski definition) is 0. The molecule has 4 aliphatic heterocycles. The van der Waals surface area contributed by atoms with Gasteiger partial charge in [0.25, 0.3) is 12.3 Å². The Kier molecular flexibility index (Phi) is 8.21. The van der Waals surface area contributed by atoms with E-state index < -0.39 is 35.6 Å². The summed E-state index contributed by atoms with van der Waals surface area (Å²) in [5.74, 6) is -1.51. The summed E-state index contributed by atoms with van der Waals surface area (Å²) in [5.41, 5.74) is 1.99. The molecule has 2 aromatic carbocycles. The standard InChI is InChI=1S/C33H35ClF4N6O2/c1-20(35)31(45)42-16-14-41(15-17-42)30-22-9-13-43(25-5-2-4-21-6-7-23(36)28(34)27(21)25)18-24(22)39-32(40-30)46-19-33-10-3-12-44(33)26(8-11-33)29(37)38/h2,4-7,26,29H,1,3,8-19H2. The van der Waals surface area contributed by atoms with Gasteiger partial charge < -0.3 is 19.4 Å². The van der Waals surface area contributed by atoms with Crippen LogP contribution in [0.1, 0.15) is 36.9 Å². The fourth-order valence-electron chi connectivity index (χ4n) is 7.77. The highest BCUT2D eigenvalue weighted by Gasteiger charge is 2.52. The van der Waals surface area contributed by atoms with Crippen molar-refractivity contribution in [3.63, 3.8) is 0 Å². The molecule has 4 aliphatic rings. The van der Waals surface area contributed by atoms with Crippen molar-refractivity contribution in [1.29, 1.82) is 0 Å². The molecule has 3 fully saturated rings. The van der Waals surface area contributed by atoms with E-state index in [2.05, 4.69) is 16.4 Å². The maximum atomic E-state index is 14.6. The van der Waals surface area contributed by atoms with Crippen LogP contribution < -0.4 is 14.5 Å². The van der Waals surface area contributed by atoms with Crippen molar-refractivity contribution < 1.29 is 27.1 Å². The number of amides is 1. The first-order chi connectivity index (χ1) is 22.1. The summed E-state index contributed by atoms with van der Waals surface area (Å²) in [5, 5.41) is 1.52. The Morgan fingerprint density at radius 3 is 2.63 bits per heavy atom. The number of ether oxygens (including phenoxy) is 1. The van der Waals surface area contributed by atoms with Gasteiger partial charge in [0.1, 0.15) is 18.2 Å². The topological polar surface area (TPSA) is 65.0 Å². The lowest BCUT2D eigenvalue weighted by Gasteiger charge is -2.38. The Morgan fingerprint density at radius 1 is 1.07 bits per heavy atom. The molecule has 0 saturated carbocycles. The molecule has 46 heavy (non-hydrogen) atoms. The lowest BCUT2D eigenvalue weighted by Crippen LogP contribution is -2.50. The Balaban J connectivity index is 1.20. The maximum Gasteiger partial charge on any atom is 0.318 e. The largest absolute Gasteiger partial charge is 0.461 e. The van der Waals surface area contributed by atoms with Crippen molar-refractivity contribution in [3.05, 3.63) is 64.8 Å². The van der Waals surface area contributed by atoms with E-state index in [0.29, 0.717) is 76.3 Å². The summed E-state index contributed by atoms with van der Waals surface area (Å²) >= 11 is 6.47. The first-order valence-electron chi connectivity index (χ1n) is 15.7. The van der Waals surface area contributed by atoms with Crippen molar-refractivity contribution in [2.45, 2.75) is 56.7 Å². The van der Waals surface area contributed by atoms with Crippen molar-refractivity contribution in [2.75, 3.05) is 55.7 Å². The minimum Gasteiger partial charge on any atom is -0.461 e. The molecule has 13 heteroatoms. The molecular weight excluding hydrogens is 624 g/mol. The molecule has 1 aromatic heterocycles. The molecule has 0 radical (unpaired) electrons. The summed E-state index contributed by atoms with van der Waals surface area (Å²) < 4.78 is 62.0. The van der Waals surface area contributed by atoms with Gasteiger partial charge in [0.05, 0.1) is 28.8 Å².